The summed E-state index contributed by atoms with van der Waals surface area (Å²) in [5.41, 5.74) is 0.342. The van der Waals surface area contributed by atoms with Gasteiger partial charge in [0.05, 0.1) is 5.56 Å². The minimum atomic E-state index is -1.39. The van der Waals surface area contributed by atoms with E-state index in [0.717, 1.165) is 17.7 Å². The number of carboxylic acids is 1. The smallest absolute Gasteiger partial charge is 0.335 e. The lowest BCUT2D eigenvalue weighted by molar-refractivity contribution is 0.0695. The lowest BCUT2D eigenvalue weighted by Crippen LogP contribution is -2.03. The Morgan fingerprint density at radius 2 is 2.00 bits per heavy atom. The quantitative estimate of drug-likeness (QED) is 0.927. The van der Waals surface area contributed by atoms with E-state index in [1.807, 2.05) is 5.38 Å². The van der Waals surface area contributed by atoms with Crippen LogP contribution >= 0.6 is 11.3 Å². The van der Waals surface area contributed by atoms with Gasteiger partial charge >= 0.3 is 5.97 Å². The molecule has 2 rings (SSSR count). The molecule has 0 spiro atoms. The lowest BCUT2D eigenvalue weighted by atomic mass is 10.2. The second-order valence-corrected chi connectivity index (χ2v) is 4.27. The molecule has 0 radical (unpaired) electrons. The van der Waals surface area contributed by atoms with Crippen molar-refractivity contribution in [3.8, 4) is 5.75 Å². The van der Waals surface area contributed by atoms with E-state index >= 15 is 0 Å². The highest BCUT2D eigenvalue weighted by atomic mass is 32.1. The maximum Gasteiger partial charge on any atom is 0.335 e. The van der Waals surface area contributed by atoms with Gasteiger partial charge in [-0.25, -0.2) is 13.6 Å². The Labute approximate surface area is 105 Å². The molecule has 6 heteroatoms. The van der Waals surface area contributed by atoms with Gasteiger partial charge in [-0.1, -0.05) is 0 Å². The average molecular weight is 270 g/mol. The molecule has 0 bridgehead atoms. The van der Waals surface area contributed by atoms with Crippen molar-refractivity contribution in [2.45, 2.75) is 6.61 Å². The molecule has 1 heterocycles. The normalized spacial score (nSPS) is 10.3. The first-order valence-electron chi connectivity index (χ1n) is 4.94. The molecule has 94 valence electrons. The summed E-state index contributed by atoms with van der Waals surface area (Å²) in [5, 5.41) is 12.2. The van der Waals surface area contributed by atoms with Crippen molar-refractivity contribution in [1.82, 2.24) is 0 Å². The van der Waals surface area contributed by atoms with E-state index < -0.39 is 28.9 Å². The Kier molecular flexibility index (Phi) is 3.57. The van der Waals surface area contributed by atoms with Gasteiger partial charge in [0.1, 0.15) is 6.61 Å². The van der Waals surface area contributed by atoms with Crippen LogP contribution in [0.3, 0.4) is 0 Å². The molecular formula is C12H8F2O3S. The predicted molar refractivity (Wildman–Crippen MR) is 62.0 cm³/mol. The summed E-state index contributed by atoms with van der Waals surface area (Å²) in [6, 6.07) is 3.23. The van der Waals surface area contributed by atoms with Crippen LogP contribution in [0.2, 0.25) is 0 Å². The third kappa shape index (κ3) is 2.65. The van der Waals surface area contributed by atoms with E-state index in [0.29, 0.717) is 0 Å². The molecule has 0 saturated carbocycles. The zero-order chi connectivity index (χ0) is 13.1. The number of hydrogen-bond donors (Lipinski definition) is 1. The minimum absolute atomic E-state index is 0.0315. The summed E-state index contributed by atoms with van der Waals surface area (Å²) < 4.78 is 32.0. The van der Waals surface area contributed by atoms with Crippen LogP contribution in [-0.4, -0.2) is 11.1 Å². The molecule has 0 fully saturated rings. The zero-order valence-electron chi connectivity index (χ0n) is 9.02. The van der Waals surface area contributed by atoms with Gasteiger partial charge in [0, 0.05) is 0 Å². The highest BCUT2D eigenvalue weighted by molar-refractivity contribution is 7.07. The zero-order valence-corrected chi connectivity index (χ0v) is 9.84. The maximum atomic E-state index is 13.5. The van der Waals surface area contributed by atoms with Gasteiger partial charge in [-0.05, 0) is 34.5 Å². The largest absolute Gasteiger partial charge is 0.483 e. The topological polar surface area (TPSA) is 46.5 Å². The molecular weight excluding hydrogens is 262 g/mol. The van der Waals surface area contributed by atoms with Gasteiger partial charge in [-0.15, -0.1) is 0 Å². The fraction of sp³-hybridized carbons (Fsp3) is 0.0833. The molecule has 0 unspecified atom stereocenters. The first-order chi connectivity index (χ1) is 8.58. The number of thiophene rings is 1. The number of benzene rings is 1. The van der Waals surface area contributed by atoms with Gasteiger partial charge in [-0.2, -0.15) is 11.3 Å². The SMILES string of the molecule is O=C(O)c1cc(F)c(OCc2ccsc2)c(F)c1. The second-order valence-electron chi connectivity index (χ2n) is 3.49. The number of aromatic carboxylic acids is 1. The van der Waals surface area contributed by atoms with Crippen LogP contribution in [0.15, 0.2) is 29.0 Å². The first kappa shape index (κ1) is 12.5. The van der Waals surface area contributed by atoms with Crippen LogP contribution in [0.25, 0.3) is 0 Å². The Morgan fingerprint density at radius 1 is 1.33 bits per heavy atom. The van der Waals surface area contributed by atoms with Crippen LogP contribution in [0.4, 0.5) is 8.78 Å². The molecule has 1 aromatic heterocycles. The summed E-state index contributed by atoms with van der Waals surface area (Å²) in [6.45, 7) is 0.0315. The maximum absolute atomic E-state index is 13.5. The monoisotopic (exact) mass is 270 g/mol. The van der Waals surface area contributed by atoms with Crippen molar-refractivity contribution in [3.63, 3.8) is 0 Å². The molecule has 0 aliphatic rings. The van der Waals surface area contributed by atoms with Gasteiger partial charge in [0.25, 0.3) is 0 Å². The molecule has 0 amide bonds. The van der Waals surface area contributed by atoms with E-state index in [4.69, 9.17) is 9.84 Å². The first-order valence-corrected chi connectivity index (χ1v) is 5.88. The summed E-state index contributed by atoms with van der Waals surface area (Å²) >= 11 is 1.44. The summed E-state index contributed by atoms with van der Waals surface area (Å²) in [5.74, 6) is -4.01. The van der Waals surface area contributed by atoms with E-state index in [1.54, 1.807) is 11.4 Å². The van der Waals surface area contributed by atoms with E-state index in [9.17, 15) is 13.6 Å². The van der Waals surface area contributed by atoms with Gasteiger partial charge in [0.15, 0.2) is 17.4 Å². The molecule has 2 aromatic rings. The Balaban J connectivity index is 2.20. The van der Waals surface area contributed by atoms with Crippen LogP contribution in [0, 0.1) is 11.6 Å². The molecule has 0 atom stereocenters. The van der Waals surface area contributed by atoms with Crippen LogP contribution in [-0.2, 0) is 6.61 Å². The molecule has 1 N–H and O–H groups in total. The van der Waals surface area contributed by atoms with Gasteiger partial charge < -0.3 is 9.84 Å². The molecule has 0 saturated heterocycles. The number of halogens is 2. The molecule has 1 aromatic carbocycles. The number of ether oxygens (including phenoxy) is 1. The number of hydrogen-bond acceptors (Lipinski definition) is 3. The van der Waals surface area contributed by atoms with Crippen LogP contribution < -0.4 is 4.74 Å². The van der Waals surface area contributed by atoms with E-state index in [1.165, 1.54) is 11.3 Å². The standard InChI is InChI=1S/C12H8F2O3S/c13-9-3-8(12(15)16)4-10(14)11(9)17-5-7-1-2-18-6-7/h1-4,6H,5H2,(H,15,16). The summed E-state index contributed by atoms with van der Waals surface area (Å²) in [7, 11) is 0. The van der Waals surface area contributed by atoms with E-state index in [-0.39, 0.29) is 6.61 Å². The second kappa shape index (κ2) is 5.14. The Bertz CT molecular complexity index is 544. The number of carbonyl (C=O) groups is 1. The molecule has 18 heavy (non-hydrogen) atoms. The average Bonchev–Trinajstić information content (AvgIpc) is 2.80. The third-order valence-corrected chi connectivity index (χ3v) is 2.94. The Morgan fingerprint density at radius 3 is 2.50 bits per heavy atom. The van der Waals surface area contributed by atoms with Gasteiger partial charge in [0.2, 0.25) is 0 Å². The van der Waals surface area contributed by atoms with Crippen molar-refractivity contribution in [3.05, 3.63) is 51.7 Å². The minimum Gasteiger partial charge on any atom is -0.483 e. The number of rotatable bonds is 4. The van der Waals surface area contributed by atoms with Gasteiger partial charge in [-0.3, -0.25) is 0 Å². The lowest BCUT2D eigenvalue weighted by Gasteiger charge is -2.08. The Hall–Kier alpha value is -1.95. The highest BCUT2D eigenvalue weighted by Gasteiger charge is 2.16. The van der Waals surface area contributed by atoms with E-state index in [2.05, 4.69) is 0 Å². The third-order valence-electron chi connectivity index (χ3n) is 2.21. The fourth-order valence-corrected chi connectivity index (χ4v) is 2.00. The van der Waals surface area contributed by atoms with Crippen molar-refractivity contribution >= 4 is 17.3 Å². The number of carboxylic acid groups (broad SMARTS) is 1. The molecule has 0 aliphatic heterocycles. The van der Waals surface area contributed by atoms with Crippen molar-refractivity contribution in [2.75, 3.05) is 0 Å². The predicted octanol–water partition coefficient (Wildman–Crippen LogP) is 3.30. The molecule has 3 nitrogen and oxygen atoms in total. The fourth-order valence-electron chi connectivity index (χ4n) is 1.35. The van der Waals surface area contributed by atoms with Crippen molar-refractivity contribution in [2.24, 2.45) is 0 Å². The van der Waals surface area contributed by atoms with Crippen molar-refractivity contribution < 1.29 is 23.4 Å². The summed E-state index contributed by atoms with van der Waals surface area (Å²) in [6.07, 6.45) is 0. The van der Waals surface area contributed by atoms with Crippen molar-refractivity contribution in [1.29, 1.82) is 0 Å². The summed E-state index contributed by atoms with van der Waals surface area (Å²) in [4.78, 5) is 10.6. The van der Waals surface area contributed by atoms with Crippen LogP contribution in [0.1, 0.15) is 15.9 Å². The van der Waals surface area contributed by atoms with Crippen LogP contribution in [0.5, 0.6) is 5.75 Å². The highest BCUT2D eigenvalue weighted by Crippen LogP contribution is 2.24. The molecule has 0 aliphatic carbocycles.